The number of aromatic amines is 1. The number of esters is 1. The second-order valence-electron chi connectivity index (χ2n) is 8.88. The molecule has 1 aliphatic heterocycles. The highest BCUT2D eigenvalue weighted by atomic mass is 79.9. The number of benzene rings is 1. The zero-order valence-corrected chi connectivity index (χ0v) is 23.3. The quantitative estimate of drug-likeness (QED) is 0.230. The van der Waals surface area contributed by atoms with Crippen LogP contribution in [0, 0.1) is 11.2 Å². The third-order valence-electron chi connectivity index (χ3n) is 5.39. The van der Waals surface area contributed by atoms with Gasteiger partial charge in [0.1, 0.15) is 23.8 Å². The lowest BCUT2D eigenvalue weighted by molar-refractivity contribution is -0.152. The number of carbonyl (C=O) groups is 1. The molecule has 15 heteroatoms. The van der Waals surface area contributed by atoms with Crippen molar-refractivity contribution >= 4 is 41.1 Å². The van der Waals surface area contributed by atoms with Gasteiger partial charge in [-0.1, -0.05) is 27.5 Å². The van der Waals surface area contributed by atoms with E-state index in [0.29, 0.717) is 0 Å². The molecular weight excluding hydrogens is 602 g/mol. The number of H-pyrrole nitrogens is 1. The highest BCUT2D eigenvalue weighted by molar-refractivity contribution is 9.10. The average molecular weight is 628 g/mol. The molecule has 0 radical (unpaired) electrons. The van der Waals surface area contributed by atoms with Crippen molar-refractivity contribution < 1.29 is 37.4 Å². The normalized spacial score (nSPS) is 25.4. The van der Waals surface area contributed by atoms with E-state index < -0.39 is 71.0 Å². The molecule has 0 saturated carbocycles. The van der Waals surface area contributed by atoms with E-state index >= 15 is 0 Å². The molecular formula is C22H26BrClFN2O9P. The van der Waals surface area contributed by atoms with Crippen molar-refractivity contribution in [2.75, 3.05) is 19.4 Å². The van der Waals surface area contributed by atoms with Crippen molar-refractivity contribution in [1.82, 2.24) is 9.55 Å². The summed E-state index contributed by atoms with van der Waals surface area (Å²) in [4.78, 5) is 38.2. The van der Waals surface area contributed by atoms with Crippen LogP contribution in [0.1, 0.15) is 27.0 Å². The summed E-state index contributed by atoms with van der Waals surface area (Å²) in [6.07, 6.45) is -3.30. The van der Waals surface area contributed by atoms with E-state index in [1.807, 2.05) is 0 Å². The van der Waals surface area contributed by atoms with E-state index in [0.717, 1.165) is 29.0 Å². The number of hydrogen-bond acceptors (Lipinski definition) is 9. The first kappa shape index (κ1) is 29.5. The Balaban J connectivity index is 1.85. The van der Waals surface area contributed by atoms with Crippen molar-refractivity contribution in [3.05, 3.63) is 63.2 Å². The Morgan fingerprint density at radius 1 is 1.32 bits per heavy atom. The van der Waals surface area contributed by atoms with Crippen molar-refractivity contribution in [1.29, 1.82) is 0 Å². The molecule has 1 aliphatic rings. The van der Waals surface area contributed by atoms with Crippen molar-refractivity contribution in [3.63, 3.8) is 0 Å². The van der Waals surface area contributed by atoms with Crippen molar-refractivity contribution in [2.45, 2.75) is 43.0 Å². The van der Waals surface area contributed by atoms with Crippen LogP contribution in [0.3, 0.4) is 0 Å². The van der Waals surface area contributed by atoms with Gasteiger partial charge < -0.3 is 19.1 Å². The maximum atomic E-state index is 13.8. The minimum Gasteiger partial charge on any atom is -0.466 e. The highest BCUT2D eigenvalue weighted by Crippen LogP contribution is 2.54. The first-order valence-electron chi connectivity index (χ1n) is 11.1. The number of nitrogens with zero attached hydrogens (tertiary/aromatic N) is 1. The number of nitrogens with one attached hydrogen (secondary N) is 1. The minimum atomic E-state index is -4.17. The van der Waals surface area contributed by atoms with Gasteiger partial charge in [-0.3, -0.25) is 23.7 Å². The van der Waals surface area contributed by atoms with Crippen LogP contribution in [0.4, 0.5) is 4.39 Å². The molecule has 1 saturated heterocycles. The SMILES string of the molecule is CCOC(=O)C(C)(C)CP(=O)(OC[C@H]1O[C@@H](n2ccc(=O)[nH]c2=O)[C@](Cl)(Br)[C@@H]1O)Oc1ccc(F)cc1. The molecule has 1 unspecified atom stereocenters. The number of carbonyl (C=O) groups excluding carboxylic acids is 1. The molecule has 5 atom stereocenters. The maximum Gasteiger partial charge on any atom is 0.380 e. The predicted molar refractivity (Wildman–Crippen MR) is 135 cm³/mol. The maximum absolute atomic E-state index is 13.8. The van der Waals surface area contributed by atoms with E-state index in [1.54, 1.807) is 6.92 Å². The minimum absolute atomic E-state index is 0.0159. The second kappa shape index (κ2) is 11.4. The molecule has 2 heterocycles. The van der Waals surface area contributed by atoms with Gasteiger partial charge in [0.2, 0.25) is 0 Å². The molecule has 11 nitrogen and oxygen atoms in total. The number of ether oxygens (including phenoxy) is 2. The van der Waals surface area contributed by atoms with E-state index in [9.17, 15) is 28.4 Å². The van der Waals surface area contributed by atoms with Gasteiger partial charge in [-0.15, -0.1) is 0 Å². The van der Waals surface area contributed by atoms with Crippen LogP contribution in [0.2, 0.25) is 0 Å². The Hall–Kier alpha value is -2.02. The largest absolute Gasteiger partial charge is 0.466 e. The van der Waals surface area contributed by atoms with Crippen LogP contribution in [0.5, 0.6) is 5.75 Å². The Bertz CT molecular complexity index is 1280. The Morgan fingerprint density at radius 3 is 2.57 bits per heavy atom. The van der Waals surface area contributed by atoms with Crippen LogP contribution >= 0.6 is 35.1 Å². The number of alkyl halides is 2. The summed E-state index contributed by atoms with van der Waals surface area (Å²) in [5, 5.41) is 10.8. The fourth-order valence-electron chi connectivity index (χ4n) is 3.54. The van der Waals surface area contributed by atoms with E-state index in [2.05, 4.69) is 20.9 Å². The van der Waals surface area contributed by atoms with E-state index in [-0.39, 0.29) is 12.4 Å². The monoisotopic (exact) mass is 626 g/mol. The van der Waals surface area contributed by atoms with Crippen LogP contribution in [0.25, 0.3) is 0 Å². The fourth-order valence-corrected chi connectivity index (χ4v) is 6.58. The first-order chi connectivity index (χ1) is 17.2. The molecule has 1 aromatic carbocycles. The van der Waals surface area contributed by atoms with Crippen LogP contribution in [-0.4, -0.2) is 56.0 Å². The first-order valence-corrected chi connectivity index (χ1v) is 14.0. The summed E-state index contributed by atoms with van der Waals surface area (Å²) in [5.41, 5.74) is -2.78. The summed E-state index contributed by atoms with van der Waals surface area (Å²) in [6, 6.07) is 5.75. The average Bonchev–Trinajstić information content (AvgIpc) is 3.02. The van der Waals surface area contributed by atoms with Gasteiger partial charge in [-0.05, 0) is 45.0 Å². The van der Waals surface area contributed by atoms with Crippen LogP contribution in [0.15, 0.2) is 46.1 Å². The van der Waals surface area contributed by atoms with Crippen molar-refractivity contribution in [2.24, 2.45) is 5.41 Å². The fraction of sp³-hybridized carbons (Fsp3) is 0.500. The zero-order valence-electron chi connectivity index (χ0n) is 20.1. The number of aromatic nitrogens is 2. The molecule has 0 spiro atoms. The van der Waals surface area contributed by atoms with Gasteiger partial charge in [0.15, 0.2) is 10.0 Å². The zero-order chi connectivity index (χ0) is 27.6. The topological polar surface area (TPSA) is 146 Å². The van der Waals surface area contributed by atoms with Crippen molar-refractivity contribution in [3.8, 4) is 5.75 Å². The standard InChI is InChI=1S/C22H26BrClFN2O9P/c1-4-33-19(30)21(2,3)12-37(32,36-14-7-5-13(25)6-8-14)34-11-15-17(29)22(23,24)18(35-15)27-10-9-16(28)26-20(27)31/h5-10,15,17-18,29H,4,11-12H2,1-3H3,(H,26,28,31)/t15-,17-,18-,22+,37?/m1/s1. The van der Waals surface area contributed by atoms with Gasteiger partial charge in [0, 0.05) is 12.3 Å². The molecule has 37 heavy (non-hydrogen) atoms. The van der Waals surface area contributed by atoms with Gasteiger partial charge in [0.25, 0.3) is 5.56 Å². The number of aliphatic hydroxyl groups excluding tert-OH is 1. The summed E-state index contributed by atoms with van der Waals surface area (Å²) in [5.74, 6) is -1.17. The second-order valence-corrected chi connectivity index (χ2v) is 13.3. The van der Waals surface area contributed by atoms with Gasteiger partial charge in [-0.25, -0.2) is 13.8 Å². The third kappa shape index (κ3) is 6.90. The lowest BCUT2D eigenvalue weighted by Gasteiger charge is -2.28. The number of halogens is 3. The van der Waals surface area contributed by atoms with Gasteiger partial charge >= 0.3 is 19.3 Å². The molecule has 0 bridgehead atoms. The summed E-state index contributed by atoms with van der Waals surface area (Å²) in [7, 11) is -4.17. The Morgan fingerprint density at radius 2 is 1.97 bits per heavy atom. The lowest BCUT2D eigenvalue weighted by atomic mass is 9.97. The smallest absolute Gasteiger partial charge is 0.380 e. The summed E-state index contributed by atoms with van der Waals surface area (Å²) < 4.78 is 48.5. The summed E-state index contributed by atoms with van der Waals surface area (Å²) in [6.45, 7) is 4.19. The Labute approximate surface area is 224 Å². The van der Waals surface area contributed by atoms with E-state index in [1.165, 1.54) is 26.0 Å². The van der Waals surface area contributed by atoms with Gasteiger partial charge in [0.05, 0.1) is 24.8 Å². The molecule has 0 amide bonds. The molecule has 2 N–H and O–H groups in total. The van der Waals surface area contributed by atoms with Gasteiger partial charge in [-0.2, -0.15) is 0 Å². The number of hydrogen-bond donors (Lipinski definition) is 2. The molecule has 3 rings (SSSR count). The van der Waals surface area contributed by atoms with Crippen LogP contribution < -0.4 is 15.8 Å². The highest BCUT2D eigenvalue weighted by Gasteiger charge is 2.56. The molecule has 0 aliphatic carbocycles. The van der Waals surface area contributed by atoms with E-state index in [4.69, 9.17) is 30.1 Å². The number of aliphatic hydroxyl groups is 1. The van der Waals surface area contributed by atoms with Crippen LogP contribution in [-0.2, 0) is 23.4 Å². The molecule has 1 fully saturated rings. The Kier molecular flexibility index (Phi) is 9.09. The molecule has 204 valence electrons. The summed E-state index contributed by atoms with van der Waals surface area (Å²) >= 11 is 9.60. The molecule has 1 aromatic heterocycles. The predicted octanol–water partition coefficient (Wildman–Crippen LogP) is 3.14. The third-order valence-corrected chi connectivity index (χ3v) is 8.87. The lowest BCUT2D eigenvalue weighted by Crippen LogP contribution is -2.41. The molecule has 2 aromatic rings. The number of rotatable bonds is 10.